The molecule has 0 aliphatic rings. The van der Waals surface area contributed by atoms with Gasteiger partial charge in [0, 0.05) is 12.2 Å². The number of hydrogen-bond donors (Lipinski definition) is 2. The lowest BCUT2D eigenvalue weighted by Gasteiger charge is -2.25. The Morgan fingerprint density at radius 2 is 2.10 bits per heavy atom. The van der Waals surface area contributed by atoms with E-state index in [9.17, 15) is 23.1 Å². The van der Waals surface area contributed by atoms with E-state index in [1.54, 1.807) is 13.8 Å². The summed E-state index contributed by atoms with van der Waals surface area (Å²) in [6.45, 7) is 5.05. The van der Waals surface area contributed by atoms with Crippen molar-refractivity contribution >= 4 is 5.91 Å². The monoisotopic (exact) mass is 293 g/mol. The third-order valence-corrected chi connectivity index (χ3v) is 2.86. The number of halogens is 3. The molecule has 8 heteroatoms. The molecule has 1 amide bonds. The molecule has 0 radical (unpaired) electrons. The molecule has 0 fully saturated rings. The van der Waals surface area contributed by atoms with Crippen molar-refractivity contribution in [2.75, 3.05) is 0 Å². The van der Waals surface area contributed by atoms with Gasteiger partial charge in [-0.3, -0.25) is 9.48 Å². The first kappa shape index (κ1) is 16.5. The molecule has 0 saturated heterocycles. The van der Waals surface area contributed by atoms with Gasteiger partial charge in [-0.1, -0.05) is 6.92 Å². The van der Waals surface area contributed by atoms with E-state index in [0.717, 1.165) is 0 Å². The van der Waals surface area contributed by atoms with Crippen molar-refractivity contribution in [2.24, 2.45) is 0 Å². The quantitative estimate of drug-likeness (QED) is 0.871. The predicted octanol–water partition coefficient (Wildman–Crippen LogP) is 1.90. The van der Waals surface area contributed by atoms with Crippen LogP contribution in [0.5, 0.6) is 0 Å². The highest BCUT2D eigenvalue weighted by Gasteiger charge is 2.43. The summed E-state index contributed by atoms with van der Waals surface area (Å²) in [6, 6.07) is -0.0708. The van der Waals surface area contributed by atoms with Crippen LogP contribution in [0.3, 0.4) is 0 Å². The molecule has 0 spiro atoms. The zero-order chi connectivity index (χ0) is 15.5. The maximum Gasteiger partial charge on any atom is 0.416 e. The summed E-state index contributed by atoms with van der Waals surface area (Å²) in [6.07, 6.45) is -6.00. The summed E-state index contributed by atoms with van der Waals surface area (Å²) in [7, 11) is 0. The molecular formula is C12H18F3N3O2. The Bertz CT molecular complexity index is 457. The molecule has 1 aromatic heterocycles. The molecule has 0 bridgehead atoms. The number of aliphatic hydroxyl groups excluding tert-OH is 1. The highest BCUT2D eigenvalue weighted by molar-refractivity contribution is 5.92. The molecule has 1 heterocycles. The Morgan fingerprint density at radius 1 is 1.50 bits per heavy atom. The van der Waals surface area contributed by atoms with E-state index in [2.05, 4.69) is 10.4 Å². The van der Waals surface area contributed by atoms with Crippen molar-refractivity contribution in [3.05, 3.63) is 18.0 Å². The Hall–Kier alpha value is -1.57. The number of nitrogens with one attached hydrogen (secondary N) is 1. The molecule has 0 aromatic carbocycles. The van der Waals surface area contributed by atoms with Gasteiger partial charge < -0.3 is 10.4 Å². The minimum absolute atomic E-state index is 0.0395. The van der Waals surface area contributed by atoms with E-state index < -0.39 is 24.2 Å². The van der Waals surface area contributed by atoms with E-state index in [0.29, 0.717) is 0 Å². The standard InChI is InChI=1S/C12H18F3N3O2/c1-4-8(10(19)12(13,14)15)17-11(20)9-5-6-16-18(9)7(2)3/h5-8,10,19H,4H2,1-3H3,(H,17,20). The molecule has 2 atom stereocenters. The zero-order valence-corrected chi connectivity index (χ0v) is 11.5. The summed E-state index contributed by atoms with van der Waals surface area (Å²) >= 11 is 0. The zero-order valence-electron chi connectivity index (χ0n) is 11.5. The molecule has 0 saturated carbocycles. The topological polar surface area (TPSA) is 67.2 Å². The Morgan fingerprint density at radius 3 is 2.55 bits per heavy atom. The molecule has 2 N–H and O–H groups in total. The number of hydrogen-bond acceptors (Lipinski definition) is 3. The summed E-state index contributed by atoms with van der Waals surface area (Å²) in [5.41, 5.74) is 0.160. The summed E-state index contributed by atoms with van der Waals surface area (Å²) in [5.74, 6) is -0.689. The number of amides is 1. The maximum atomic E-state index is 12.5. The smallest absolute Gasteiger partial charge is 0.382 e. The Labute approximate surface area is 114 Å². The lowest BCUT2D eigenvalue weighted by atomic mass is 10.1. The third-order valence-electron chi connectivity index (χ3n) is 2.86. The van der Waals surface area contributed by atoms with Gasteiger partial charge in [-0.2, -0.15) is 18.3 Å². The molecular weight excluding hydrogens is 275 g/mol. The SMILES string of the molecule is CCC(NC(=O)c1ccnn1C(C)C)C(O)C(F)(F)F. The normalized spacial score (nSPS) is 15.2. The number of carbonyl (C=O) groups is 1. The number of nitrogens with zero attached hydrogens (tertiary/aromatic N) is 2. The fourth-order valence-electron chi connectivity index (χ4n) is 1.78. The van der Waals surface area contributed by atoms with E-state index >= 15 is 0 Å². The van der Waals surface area contributed by atoms with Crippen molar-refractivity contribution in [2.45, 2.75) is 51.6 Å². The number of aliphatic hydroxyl groups is 1. The average Bonchev–Trinajstić information content (AvgIpc) is 2.82. The minimum atomic E-state index is -4.77. The van der Waals surface area contributed by atoms with Crippen LogP contribution in [0.2, 0.25) is 0 Å². The molecule has 5 nitrogen and oxygen atoms in total. The van der Waals surface area contributed by atoms with Crippen LogP contribution in [0.25, 0.3) is 0 Å². The minimum Gasteiger partial charge on any atom is -0.382 e. The molecule has 2 unspecified atom stereocenters. The second-order valence-corrected chi connectivity index (χ2v) is 4.73. The van der Waals surface area contributed by atoms with Gasteiger partial charge in [0.1, 0.15) is 5.69 Å². The highest BCUT2D eigenvalue weighted by Crippen LogP contribution is 2.23. The predicted molar refractivity (Wildman–Crippen MR) is 66.2 cm³/mol. The second-order valence-electron chi connectivity index (χ2n) is 4.73. The van der Waals surface area contributed by atoms with Crippen LogP contribution in [-0.4, -0.2) is 39.1 Å². The lowest BCUT2D eigenvalue weighted by molar-refractivity contribution is -0.211. The number of carbonyl (C=O) groups excluding carboxylic acids is 1. The van der Waals surface area contributed by atoms with Crippen LogP contribution < -0.4 is 5.32 Å². The first-order chi connectivity index (χ1) is 9.18. The van der Waals surface area contributed by atoms with E-state index in [-0.39, 0.29) is 18.2 Å². The van der Waals surface area contributed by atoms with Gasteiger partial charge >= 0.3 is 6.18 Å². The average molecular weight is 293 g/mol. The van der Waals surface area contributed by atoms with Gasteiger partial charge in [-0.25, -0.2) is 0 Å². The van der Waals surface area contributed by atoms with Crippen molar-refractivity contribution in [3.8, 4) is 0 Å². The van der Waals surface area contributed by atoms with E-state index in [1.807, 2.05) is 0 Å². The van der Waals surface area contributed by atoms with Crippen LogP contribution in [0, 0.1) is 0 Å². The van der Waals surface area contributed by atoms with E-state index in [1.165, 1.54) is 23.9 Å². The van der Waals surface area contributed by atoms with Crippen LogP contribution >= 0.6 is 0 Å². The number of rotatable bonds is 5. The van der Waals surface area contributed by atoms with Gasteiger partial charge in [0.25, 0.3) is 5.91 Å². The summed E-state index contributed by atoms with van der Waals surface area (Å²) in [5, 5.41) is 15.3. The fourth-order valence-corrected chi connectivity index (χ4v) is 1.78. The van der Waals surface area contributed by atoms with Crippen molar-refractivity contribution < 1.29 is 23.1 Å². The third kappa shape index (κ3) is 3.72. The number of aromatic nitrogens is 2. The molecule has 1 aromatic rings. The summed E-state index contributed by atoms with van der Waals surface area (Å²) in [4.78, 5) is 12.0. The van der Waals surface area contributed by atoms with Gasteiger partial charge in [-0.15, -0.1) is 0 Å². The lowest BCUT2D eigenvalue weighted by Crippen LogP contribution is -2.50. The Balaban J connectivity index is 2.85. The van der Waals surface area contributed by atoms with Crippen molar-refractivity contribution in [1.29, 1.82) is 0 Å². The molecule has 0 aliphatic heterocycles. The largest absolute Gasteiger partial charge is 0.416 e. The van der Waals surface area contributed by atoms with Crippen LogP contribution in [0.1, 0.15) is 43.7 Å². The van der Waals surface area contributed by atoms with Crippen LogP contribution in [0.15, 0.2) is 12.3 Å². The van der Waals surface area contributed by atoms with Gasteiger partial charge in [-0.05, 0) is 26.3 Å². The van der Waals surface area contributed by atoms with Gasteiger partial charge in [0.05, 0.1) is 6.04 Å². The highest BCUT2D eigenvalue weighted by atomic mass is 19.4. The van der Waals surface area contributed by atoms with Crippen LogP contribution in [-0.2, 0) is 0 Å². The maximum absolute atomic E-state index is 12.5. The molecule has 114 valence electrons. The first-order valence-corrected chi connectivity index (χ1v) is 6.27. The van der Waals surface area contributed by atoms with Crippen molar-refractivity contribution in [3.63, 3.8) is 0 Å². The molecule has 20 heavy (non-hydrogen) atoms. The summed E-state index contributed by atoms with van der Waals surface area (Å²) < 4.78 is 38.8. The van der Waals surface area contributed by atoms with Gasteiger partial charge in [0.2, 0.25) is 0 Å². The first-order valence-electron chi connectivity index (χ1n) is 6.27. The van der Waals surface area contributed by atoms with Crippen molar-refractivity contribution in [1.82, 2.24) is 15.1 Å². The van der Waals surface area contributed by atoms with E-state index in [4.69, 9.17) is 0 Å². The van der Waals surface area contributed by atoms with Crippen LogP contribution in [0.4, 0.5) is 13.2 Å². The number of alkyl halides is 3. The molecule has 1 rings (SSSR count). The Kier molecular flexibility index (Phi) is 5.15. The fraction of sp³-hybridized carbons (Fsp3) is 0.667. The molecule has 0 aliphatic carbocycles. The second kappa shape index (κ2) is 6.25. The van der Waals surface area contributed by atoms with Gasteiger partial charge in [0.15, 0.2) is 6.10 Å².